The van der Waals surface area contributed by atoms with Gasteiger partial charge in [0.15, 0.2) is 0 Å². The largest absolute Gasteiger partial charge is 0.389 e. The first-order chi connectivity index (χ1) is 9.56. The zero-order valence-corrected chi connectivity index (χ0v) is 12.8. The summed E-state index contributed by atoms with van der Waals surface area (Å²) >= 11 is 12.2. The molecule has 20 heavy (non-hydrogen) atoms. The van der Waals surface area contributed by atoms with Crippen LogP contribution in [0.5, 0.6) is 0 Å². The highest BCUT2D eigenvalue weighted by atomic mass is 35.5. The van der Waals surface area contributed by atoms with Crippen molar-refractivity contribution in [3.8, 4) is 0 Å². The average molecular weight is 326 g/mol. The number of halogens is 1. The van der Waals surface area contributed by atoms with E-state index >= 15 is 0 Å². The van der Waals surface area contributed by atoms with Gasteiger partial charge in [-0.3, -0.25) is 9.78 Å². The molecule has 0 saturated heterocycles. The summed E-state index contributed by atoms with van der Waals surface area (Å²) in [4.78, 5) is 17.3. The maximum absolute atomic E-state index is 11.9. The first-order valence-corrected chi connectivity index (χ1v) is 7.45. The minimum absolute atomic E-state index is 0.220. The molecule has 0 aliphatic carbocycles. The number of thiophene rings is 1. The van der Waals surface area contributed by atoms with Crippen molar-refractivity contribution in [1.82, 2.24) is 10.3 Å². The molecule has 7 heteroatoms. The summed E-state index contributed by atoms with van der Waals surface area (Å²) in [5, 5.41) is 2.80. The lowest BCUT2D eigenvalue weighted by atomic mass is 10.2. The lowest BCUT2D eigenvalue weighted by molar-refractivity contribution is 0.0949. The SMILES string of the molecule is NC(=S)c1ccc(C(=O)NCCc2ccc(Cl)s2)nc1. The van der Waals surface area contributed by atoms with Crippen LogP contribution >= 0.6 is 35.2 Å². The molecule has 2 rings (SSSR count). The zero-order chi connectivity index (χ0) is 14.5. The third kappa shape index (κ3) is 4.00. The van der Waals surface area contributed by atoms with E-state index < -0.39 is 0 Å². The van der Waals surface area contributed by atoms with Gasteiger partial charge >= 0.3 is 0 Å². The van der Waals surface area contributed by atoms with Crippen LogP contribution in [0.15, 0.2) is 30.5 Å². The number of rotatable bonds is 5. The van der Waals surface area contributed by atoms with E-state index in [4.69, 9.17) is 29.6 Å². The molecule has 0 unspecified atom stereocenters. The van der Waals surface area contributed by atoms with Gasteiger partial charge in [0.05, 0.1) is 4.34 Å². The fraction of sp³-hybridized carbons (Fsp3) is 0.154. The lowest BCUT2D eigenvalue weighted by Crippen LogP contribution is -2.26. The molecule has 1 amide bonds. The third-order valence-corrected chi connectivity index (χ3v) is 4.09. The summed E-state index contributed by atoms with van der Waals surface area (Å²) in [5.74, 6) is -0.220. The Balaban J connectivity index is 1.86. The lowest BCUT2D eigenvalue weighted by Gasteiger charge is -2.04. The highest BCUT2D eigenvalue weighted by Gasteiger charge is 2.07. The molecular formula is C13H12ClN3OS2. The molecule has 2 aromatic heterocycles. The number of carbonyl (C=O) groups is 1. The van der Waals surface area contributed by atoms with Crippen LogP contribution in [0.1, 0.15) is 20.9 Å². The second-order valence-corrected chi connectivity index (χ2v) is 6.25. The highest BCUT2D eigenvalue weighted by Crippen LogP contribution is 2.21. The Bertz CT molecular complexity index is 625. The van der Waals surface area contributed by atoms with Crippen LogP contribution in [0.4, 0.5) is 0 Å². The van der Waals surface area contributed by atoms with Crippen LogP contribution in [-0.4, -0.2) is 22.4 Å². The molecular weight excluding hydrogens is 314 g/mol. The molecule has 0 fully saturated rings. The summed E-state index contributed by atoms with van der Waals surface area (Å²) in [6, 6.07) is 7.09. The van der Waals surface area contributed by atoms with E-state index in [2.05, 4.69) is 10.3 Å². The number of hydrogen-bond acceptors (Lipinski definition) is 4. The summed E-state index contributed by atoms with van der Waals surface area (Å²) < 4.78 is 0.751. The van der Waals surface area contributed by atoms with Crippen molar-refractivity contribution in [2.24, 2.45) is 5.73 Å². The van der Waals surface area contributed by atoms with E-state index in [1.807, 2.05) is 12.1 Å². The molecule has 0 aliphatic rings. The van der Waals surface area contributed by atoms with Gasteiger partial charge in [-0.05, 0) is 30.7 Å². The average Bonchev–Trinajstić information content (AvgIpc) is 2.84. The number of nitrogens with two attached hydrogens (primary N) is 1. The number of carbonyl (C=O) groups excluding carboxylic acids is 1. The fourth-order valence-corrected chi connectivity index (χ4v) is 2.76. The molecule has 0 aromatic carbocycles. The summed E-state index contributed by atoms with van der Waals surface area (Å²) in [6.07, 6.45) is 2.24. The minimum Gasteiger partial charge on any atom is -0.389 e. The maximum Gasteiger partial charge on any atom is 0.269 e. The number of amides is 1. The van der Waals surface area contributed by atoms with Gasteiger partial charge in [-0.1, -0.05) is 23.8 Å². The summed E-state index contributed by atoms with van der Waals surface area (Å²) in [7, 11) is 0. The van der Waals surface area contributed by atoms with E-state index in [-0.39, 0.29) is 10.9 Å². The quantitative estimate of drug-likeness (QED) is 0.828. The van der Waals surface area contributed by atoms with Crippen LogP contribution in [-0.2, 0) is 6.42 Å². The van der Waals surface area contributed by atoms with Crippen molar-refractivity contribution in [2.45, 2.75) is 6.42 Å². The molecule has 0 atom stereocenters. The van der Waals surface area contributed by atoms with Gasteiger partial charge in [-0.15, -0.1) is 11.3 Å². The first kappa shape index (κ1) is 14.9. The first-order valence-electron chi connectivity index (χ1n) is 5.84. The molecule has 0 radical (unpaired) electrons. The van der Waals surface area contributed by atoms with Crippen molar-refractivity contribution in [1.29, 1.82) is 0 Å². The highest BCUT2D eigenvalue weighted by molar-refractivity contribution is 7.80. The maximum atomic E-state index is 11.9. The Morgan fingerprint density at radius 1 is 1.40 bits per heavy atom. The molecule has 2 aromatic rings. The van der Waals surface area contributed by atoms with Gasteiger partial charge in [-0.2, -0.15) is 0 Å². The van der Waals surface area contributed by atoms with E-state index in [9.17, 15) is 4.79 Å². The van der Waals surface area contributed by atoms with Gasteiger partial charge in [0.25, 0.3) is 5.91 Å². The van der Waals surface area contributed by atoms with E-state index in [0.29, 0.717) is 17.8 Å². The number of nitrogens with zero attached hydrogens (tertiary/aromatic N) is 1. The van der Waals surface area contributed by atoms with Gasteiger partial charge in [0.1, 0.15) is 10.7 Å². The van der Waals surface area contributed by atoms with Crippen LogP contribution in [0.3, 0.4) is 0 Å². The minimum atomic E-state index is -0.220. The zero-order valence-electron chi connectivity index (χ0n) is 10.4. The molecule has 2 heterocycles. The van der Waals surface area contributed by atoms with Crippen molar-refractivity contribution < 1.29 is 4.79 Å². The van der Waals surface area contributed by atoms with Gasteiger partial charge in [0, 0.05) is 23.2 Å². The van der Waals surface area contributed by atoms with E-state index in [1.165, 1.54) is 17.5 Å². The molecule has 3 N–H and O–H groups in total. The topological polar surface area (TPSA) is 68.0 Å². The Morgan fingerprint density at radius 3 is 2.75 bits per heavy atom. The van der Waals surface area contributed by atoms with Crippen molar-refractivity contribution in [3.63, 3.8) is 0 Å². The number of thiocarbonyl (C=S) groups is 1. The van der Waals surface area contributed by atoms with E-state index in [1.54, 1.807) is 12.1 Å². The van der Waals surface area contributed by atoms with Crippen LogP contribution < -0.4 is 11.1 Å². The van der Waals surface area contributed by atoms with Gasteiger partial charge in [-0.25, -0.2) is 0 Å². The Hall–Kier alpha value is -1.50. The smallest absolute Gasteiger partial charge is 0.269 e. The summed E-state index contributed by atoms with van der Waals surface area (Å²) in [6.45, 7) is 0.536. The van der Waals surface area contributed by atoms with Gasteiger partial charge < -0.3 is 11.1 Å². The predicted octanol–water partition coefficient (Wildman–Crippen LogP) is 2.40. The van der Waals surface area contributed by atoms with Crippen molar-refractivity contribution >= 4 is 46.1 Å². The molecule has 0 bridgehead atoms. The Labute approximate surface area is 131 Å². The van der Waals surface area contributed by atoms with Crippen molar-refractivity contribution in [3.05, 3.63) is 50.9 Å². The molecule has 0 saturated carbocycles. The van der Waals surface area contributed by atoms with Gasteiger partial charge in [0.2, 0.25) is 0 Å². The van der Waals surface area contributed by atoms with Crippen molar-refractivity contribution in [2.75, 3.05) is 6.54 Å². The number of hydrogen-bond donors (Lipinski definition) is 2. The number of aromatic nitrogens is 1. The molecule has 0 aliphatic heterocycles. The predicted molar refractivity (Wildman–Crippen MR) is 85.5 cm³/mol. The van der Waals surface area contributed by atoms with E-state index in [0.717, 1.165) is 15.6 Å². The molecule has 0 spiro atoms. The summed E-state index contributed by atoms with van der Waals surface area (Å²) in [5.41, 5.74) is 6.45. The molecule has 104 valence electrons. The normalized spacial score (nSPS) is 10.2. The van der Waals surface area contributed by atoms with Crippen LogP contribution in [0.2, 0.25) is 4.34 Å². The second-order valence-electron chi connectivity index (χ2n) is 4.01. The van der Waals surface area contributed by atoms with Crippen LogP contribution in [0, 0.1) is 0 Å². The number of nitrogens with one attached hydrogen (secondary N) is 1. The second kappa shape index (κ2) is 6.78. The standard InChI is InChI=1S/C13H12ClN3OS2/c14-11-4-2-9(20-11)5-6-16-13(18)10-3-1-8(7-17-10)12(15)19/h1-4,7H,5-6H2,(H2,15,19)(H,16,18). The Morgan fingerprint density at radius 2 is 2.20 bits per heavy atom. The molecule has 4 nitrogen and oxygen atoms in total. The number of pyridine rings is 1. The third-order valence-electron chi connectivity index (χ3n) is 2.57. The van der Waals surface area contributed by atoms with Crippen LogP contribution in [0.25, 0.3) is 0 Å². The fourth-order valence-electron chi connectivity index (χ4n) is 1.55. The Kier molecular flexibility index (Phi) is 5.05. The monoisotopic (exact) mass is 325 g/mol.